The number of hydrogen-bond acceptors (Lipinski definition) is 2. The maximum atomic E-state index is 11.4. The first-order chi connectivity index (χ1) is 9.24. The second-order valence-corrected chi connectivity index (χ2v) is 5.21. The number of hydrogen-bond donors (Lipinski definition) is 2. The van der Waals surface area contributed by atoms with Crippen LogP contribution in [0, 0.1) is 0 Å². The zero-order valence-corrected chi connectivity index (χ0v) is 11.0. The van der Waals surface area contributed by atoms with Gasteiger partial charge in [-0.05, 0) is 23.6 Å². The molecule has 0 aliphatic carbocycles. The second-order valence-electron chi connectivity index (χ2n) is 4.33. The summed E-state index contributed by atoms with van der Waals surface area (Å²) < 4.78 is 18.1. The lowest BCUT2D eigenvalue weighted by molar-refractivity contribution is 0.687. The first kappa shape index (κ1) is 11.9. The molecule has 2 aromatic carbocycles. The van der Waals surface area contributed by atoms with Gasteiger partial charge in [-0.25, -0.2) is 4.21 Å². The van der Waals surface area contributed by atoms with Crippen molar-refractivity contribution in [1.82, 2.24) is 0 Å². The summed E-state index contributed by atoms with van der Waals surface area (Å²) in [5, 5.41) is 0. The van der Waals surface area contributed by atoms with Gasteiger partial charge in [-0.15, -0.1) is 0 Å². The fourth-order valence-electron chi connectivity index (χ4n) is 2.20. The van der Waals surface area contributed by atoms with Crippen LogP contribution >= 0.6 is 0 Å². The van der Waals surface area contributed by atoms with Gasteiger partial charge in [0.1, 0.15) is 5.84 Å². The molecule has 4 nitrogen and oxygen atoms in total. The van der Waals surface area contributed by atoms with Gasteiger partial charge < -0.3 is 5.73 Å². The van der Waals surface area contributed by atoms with E-state index < -0.39 is 11.2 Å². The molecule has 0 bridgehead atoms. The van der Waals surface area contributed by atoms with Crippen molar-refractivity contribution in [2.75, 3.05) is 4.72 Å². The molecule has 1 heterocycles. The summed E-state index contributed by atoms with van der Waals surface area (Å²) in [5.74, 6) is 0.332. The van der Waals surface area contributed by atoms with E-state index in [1.165, 1.54) is 5.56 Å². The zero-order valence-electron chi connectivity index (χ0n) is 10.2. The molecule has 3 rings (SSSR count). The Balaban J connectivity index is 2.04. The maximum Gasteiger partial charge on any atom is 0.244 e. The highest BCUT2D eigenvalue weighted by Gasteiger charge is 2.18. The predicted octanol–water partition coefficient (Wildman–Crippen LogP) is 1.99. The van der Waals surface area contributed by atoms with Gasteiger partial charge in [-0.1, -0.05) is 42.5 Å². The van der Waals surface area contributed by atoms with Crippen LogP contribution in [0.5, 0.6) is 0 Å². The molecule has 0 saturated heterocycles. The molecule has 1 unspecified atom stereocenters. The Kier molecular flexibility index (Phi) is 3.05. The minimum absolute atomic E-state index is 0.332. The average molecular weight is 271 g/mol. The molecule has 2 aromatic rings. The zero-order chi connectivity index (χ0) is 13.2. The lowest BCUT2D eigenvalue weighted by Crippen LogP contribution is -2.24. The van der Waals surface area contributed by atoms with Crippen LogP contribution in [0.15, 0.2) is 52.9 Å². The summed E-state index contributed by atoms with van der Waals surface area (Å²) in [5.41, 5.74) is 9.82. The first-order valence-corrected chi connectivity index (χ1v) is 7.03. The topological polar surface area (TPSA) is 67.5 Å². The Morgan fingerprint density at radius 2 is 1.89 bits per heavy atom. The Hall–Kier alpha value is -2.14. The Morgan fingerprint density at radius 3 is 2.68 bits per heavy atom. The fourth-order valence-corrected chi connectivity index (χ4v) is 2.88. The molecule has 0 spiro atoms. The lowest BCUT2D eigenvalue weighted by atomic mass is 9.98. The molecule has 0 saturated carbocycles. The molecule has 5 heteroatoms. The van der Waals surface area contributed by atoms with Crippen LogP contribution in [0.3, 0.4) is 0 Å². The van der Waals surface area contributed by atoms with Gasteiger partial charge in [0.2, 0.25) is 11.2 Å². The van der Waals surface area contributed by atoms with Crippen molar-refractivity contribution in [3.05, 3.63) is 65.2 Å². The normalized spacial score (nSPS) is 17.3. The number of nitrogens with zero attached hydrogens (tertiary/aromatic N) is 1. The average Bonchev–Trinajstić information content (AvgIpc) is 2.39. The van der Waals surface area contributed by atoms with Crippen molar-refractivity contribution in [2.45, 2.75) is 6.42 Å². The molecule has 0 radical (unpaired) electrons. The highest BCUT2D eigenvalue weighted by molar-refractivity contribution is 7.85. The van der Waals surface area contributed by atoms with E-state index in [0.29, 0.717) is 5.84 Å². The van der Waals surface area contributed by atoms with Gasteiger partial charge in [0.15, 0.2) is 0 Å². The highest BCUT2D eigenvalue weighted by Crippen LogP contribution is 2.25. The summed E-state index contributed by atoms with van der Waals surface area (Å²) >= 11 is -1.47. The van der Waals surface area contributed by atoms with Gasteiger partial charge in [0.25, 0.3) is 0 Å². The monoisotopic (exact) mass is 271 g/mol. The van der Waals surface area contributed by atoms with Crippen LogP contribution in [0.25, 0.3) is 0 Å². The summed E-state index contributed by atoms with van der Waals surface area (Å²) in [6, 6.07) is 16.0. The van der Waals surface area contributed by atoms with Crippen molar-refractivity contribution in [3.8, 4) is 0 Å². The van der Waals surface area contributed by atoms with Crippen LogP contribution < -0.4 is 10.5 Å². The van der Waals surface area contributed by atoms with Gasteiger partial charge in [-0.2, -0.15) is 4.40 Å². The van der Waals surface area contributed by atoms with Gasteiger partial charge in [-0.3, -0.25) is 4.72 Å². The van der Waals surface area contributed by atoms with E-state index in [1.807, 2.05) is 36.4 Å². The van der Waals surface area contributed by atoms with E-state index in [4.69, 9.17) is 5.73 Å². The van der Waals surface area contributed by atoms with E-state index in [9.17, 15) is 4.21 Å². The number of rotatable bonds is 2. The van der Waals surface area contributed by atoms with Crippen LogP contribution in [-0.4, -0.2) is 10.0 Å². The molecule has 1 aliphatic heterocycles. The molecule has 3 N–H and O–H groups in total. The van der Waals surface area contributed by atoms with E-state index >= 15 is 0 Å². The number of amidine groups is 1. The van der Waals surface area contributed by atoms with E-state index in [0.717, 1.165) is 23.2 Å². The predicted molar refractivity (Wildman–Crippen MR) is 78.2 cm³/mol. The van der Waals surface area contributed by atoms with E-state index in [1.54, 1.807) is 0 Å². The number of fused-ring (bicyclic) bond motifs is 1. The molecule has 0 fully saturated rings. The number of benzene rings is 2. The quantitative estimate of drug-likeness (QED) is 0.877. The van der Waals surface area contributed by atoms with Crippen molar-refractivity contribution in [2.24, 2.45) is 10.1 Å². The minimum Gasteiger partial charge on any atom is -0.382 e. The molecule has 96 valence electrons. The second kappa shape index (κ2) is 4.85. The molecule has 1 atom stereocenters. The van der Waals surface area contributed by atoms with Crippen LogP contribution in [0.4, 0.5) is 5.69 Å². The number of nitrogens with two attached hydrogens (primary N) is 1. The summed E-state index contributed by atoms with van der Waals surface area (Å²) in [7, 11) is 0. The SMILES string of the molecule is NC1=NS(=O)Nc2cccc(Cc3ccccc3)c21. The summed E-state index contributed by atoms with van der Waals surface area (Å²) in [6.45, 7) is 0. The lowest BCUT2D eigenvalue weighted by Gasteiger charge is -2.18. The third-order valence-electron chi connectivity index (χ3n) is 3.02. The number of nitrogens with one attached hydrogen (secondary N) is 1. The molecular formula is C14H13N3OS. The van der Waals surface area contributed by atoms with Crippen molar-refractivity contribution in [3.63, 3.8) is 0 Å². The standard InChI is InChI=1S/C14H13N3OS/c15-14-13-11(9-10-5-2-1-3-6-10)7-4-8-12(13)16-19(18)17-14/h1-8,16H,9H2,(H2,15,17). The van der Waals surface area contributed by atoms with Crippen molar-refractivity contribution < 1.29 is 4.21 Å². The summed E-state index contributed by atoms with van der Waals surface area (Å²) in [6.07, 6.45) is 0.772. The smallest absolute Gasteiger partial charge is 0.244 e. The van der Waals surface area contributed by atoms with Crippen LogP contribution in [0.2, 0.25) is 0 Å². The summed E-state index contributed by atoms with van der Waals surface area (Å²) in [4.78, 5) is 0. The minimum atomic E-state index is -1.47. The van der Waals surface area contributed by atoms with Gasteiger partial charge >= 0.3 is 0 Å². The molecule has 1 aliphatic rings. The Bertz CT molecular complexity index is 668. The van der Waals surface area contributed by atoms with Crippen molar-refractivity contribution >= 4 is 22.7 Å². The largest absolute Gasteiger partial charge is 0.382 e. The Morgan fingerprint density at radius 1 is 1.11 bits per heavy atom. The maximum absolute atomic E-state index is 11.4. The molecule has 19 heavy (non-hydrogen) atoms. The van der Waals surface area contributed by atoms with E-state index in [2.05, 4.69) is 21.3 Å². The first-order valence-electron chi connectivity index (χ1n) is 5.93. The molecular weight excluding hydrogens is 258 g/mol. The highest BCUT2D eigenvalue weighted by atomic mass is 32.2. The molecule has 0 aromatic heterocycles. The van der Waals surface area contributed by atoms with Crippen LogP contribution in [0.1, 0.15) is 16.7 Å². The third-order valence-corrected chi connectivity index (χ3v) is 3.78. The third kappa shape index (κ3) is 2.37. The Labute approximate surface area is 114 Å². The van der Waals surface area contributed by atoms with E-state index in [-0.39, 0.29) is 0 Å². The van der Waals surface area contributed by atoms with Gasteiger partial charge in [0.05, 0.1) is 5.69 Å². The van der Waals surface area contributed by atoms with Crippen molar-refractivity contribution in [1.29, 1.82) is 0 Å². The molecule has 0 amide bonds. The number of anilines is 1. The van der Waals surface area contributed by atoms with Gasteiger partial charge in [0, 0.05) is 5.56 Å². The van der Waals surface area contributed by atoms with Crippen LogP contribution in [-0.2, 0) is 17.6 Å². The fraction of sp³-hybridized carbons (Fsp3) is 0.0714.